The van der Waals surface area contributed by atoms with E-state index in [1.807, 2.05) is 6.07 Å². The summed E-state index contributed by atoms with van der Waals surface area (Å²) in [4.78, 5) is 0. The summed E-state index contributed by atoms with van der Waals surface area (Å²) in [5.41, 5.74) is 6.63. The maximum atomic E-state index is 5.32. The van der Waals surface area contributed by atoms with Gasteiger partial charge in [0.15, 0.2) is 5.11 Å². The van der Waals surface area contributed by atoms with Gasteiger partial charge in [0.1, 0.15) is 0 Å². The Hall–Kier alpha value is -1.09. The van der Waals surface area contributed by atoms with E-state index in [-0.39, 0.29) is 0 Å². The highest BCUT2D eigenvalue weighted by atomic mass is 32.1. The Morgan fingerprint density at radius 3 is 2.62 bits per heavy atom. The van der Waals surface area contributed by atoms with E-state index >= 15 is 0 Å². The Morgan fingerprint density at radius 2 is 1.94 bits per heavy atom. The van der Waals surface area contributed by atoms with Crippen LogP contribution >= 0.6 is 12.2 Å². The van der Waals surface area contributed by atoms with Gasteiger partial charge in [0.25, 0.3) is 0 Å². The molecule has 2 nitrogen and oxygen atoms in total. The topological polar surface area (TPSA) is 38.0 Å². The first-order valence-corrected chi connectivity index (χ1v) is 6.11. The molecule has 0 aliphatic heterocycles. The first-order valence-electron chi connectivity index (χ1n) is 5.70. The van der Waals surface area contributed by atoms with Crippen LogP contribution in [0.15, 0.2) is 30.3 Å². The average Bonchev–Trinajstić information content (AvgIpc) is 2.29. The summed E-state index contributed by atoms with van der Waals surface area (Å²) in [7, 11) is 0. The number of unbranched alkanes of at least 4 members (excludes halogenated alkanes) is 3. The zero-order chi connectivity index (χ0) is 11.6. The van der Waals surface area contributed by atoms with Gasteiger partial charge in [-0.3, -0.25) is 0 Å². The molecule has 0 aromatic heterocycles. The minimum absolute atomic E-state index is 0.399. The fraction of sp³-hybridized carbons (Fsp3) is 0.385. The molecular formula is C13H19N2S. The second kappa shape index (κ2) is 8.11. The number of benzene rings is 1. The molecule has 3 heteroatoms. The standard InChI is InChI=1S/C13H19N2S/c14-13(16)15-11-7-2-1-4-8-12-9-5-3-6-10-12/h3,5-6,8-10H,1-2,4,7,11H2,(H3,14,15,16). The zero-order valence-electron chi connectivity index (χ0n) is 9.49. The molecule has 0 saturated heterocycles. The van der Waals surface area contributed by atoms with Crippen LogP contribution in [0.4, 0.5) is 0 Å². The van der Waals surface area contributed by atoms with Gasteiger partial charge in [-0.05, 0) is 37.0 Å². The van der Waals surface area contributed by atoms with E-state index in [0.717, 1.165) is 19.4 Å². The van der Waals surface area contributed by atoms with Crippen LogP contribution < -0.4 is 11.1 Å². The van der Waals surface area contributed by atoms with E-state index in [0.29, 0.717) is 5.11 Å². The molecule has 0 fully saturated rings. The summed E-state index contributed by atoms with van der Waals surface area (Å²) < 4.78 is 0. The fourth-order valence-electron chi connectivity index (χ4n) is 1.52. The van der Waals surface area contributed by atoms with Crippen molar-refractivity contribution in [3.63, 3.8) is 0 Å². The highest BCUT2D eigenvalue weighted by Crippen LogP contribution is 2.09. The van der Waals surface area contributed by atoms with Gasteiger partial charge in [-0.25, -0.2) is 0 Å². The van der Waals surface area contributed by atoms with E-state index in [1.165, 1.54) is 18.4 Å². The summed E-state index contributed by atoms with van der Waals surface area (Å²) >= 11 is 4.72. The molecule has 16 heavy (non-hydrogen) atoms. The lowest BCUT2D eigenvalue weighted by molar-refractivity contribution is 0.663. The van der Waals surface area contributed by atoms with E-state index in [9.17, 15) is 0 Å². The van der Waals surface area contributed by atoms with Crippen molar-refractivity contribution < 1.29 is 0 Å². The lowest BCUT2D eigenvalue weighted by Crippen LogP contribution is -2.29. The maximum absolute atomic E-state index is 5.32. The molecular weight excluding hydrogens is 216 g/mol. The highest BCUT2D eigenvalue weighted by Gasteiger charge is 1.93. The van der Waals surface area contributed by atoms with Gasteiger partial charge in [0.05, 0.1) is 0 Å². The Morgan fingerprint density at radius 1 is 1.19 bits per heavy atom. The predicted octanol–water partition coefficient (Wildman–Crippen LogP) is 2.63. The van der Waals surface area contributed by atoms with Crippen LogP contribution in [0.5, 0.6) is 0 Å². The van der Waals surface area contributed by atoms with Crippen molar-refractivity contribution in [1.82, 2.24) is 5.32 Å². The minimum atomic E-state index is 0.399. The lowest BCUT2D eigenvalue weighted by Gasteiger charge is -2.03. The van der Waals surface area contributed by atoms with Gasteiger partial charge in [0, 0.05) is 6.54 Å². The van der Waals surface area contributed by atoms with Crippen molar-refractivity contribution in [1.29, 1.82) is 0 Å². The molecule has 0 atom stereocenters. The average molecular weight is 235 g/mol. The predicted molar refractivity (Wildman–Crippen MR) is 73.1 cm³/mol. The summed E-state index contributed by atoms with van der Waals surface area (Å²) in [6.07, 6.45) is 6.96. The molecule has 1 aromatic carbocycles. The van der Waals surface area contributed by atoms with Crippen molar-refractivity contribution in [2.45, 2.75) is 25.7 Å². The van der Waals surface area contributed by atoms with Gasteiger partial charge in [-0.2, -0.15) is 0 Å². The molecule has 0 amide bonds. The number of hydrogen-bond donors (Lipinski definition) is 2. The number of nitrogens with two attached hydrogens (primary N) is 1. The quantitative estimate of drug-likeness (QED) is 0.563. The largest absolute Gasteiger partial charge is 0.376 e. The zero-order valence-corrected chi connectivity index (χ0v) is 10.3. The van der Waals surface area contributed by atoms with Crippen molar-refractivity contribution in [2.24, 2.45) is 5.73 Å². The molecule has 0 aliphatic carbocycles. The Labute approximate surface area is 103 Å². The number of thiocarbonyl (C=S) groups is 1. The molecule has 0 unspecified atom stereocenters. The maximum Gasteiger partial charge on any atom is 0.163 e. The normalized spacial score (nSPS) is 10.0. The summed E-state index contributed by atoms with van der Waals surface area (Å²) in [6.45, 7) is 0.890. The second-order valence-electron chi connectivity index (χ2n) is 3.76. The Balaban J connectivity index is 1.94. The second-order valence-corrected chi connectivity index (χ2v) is 4.19. The third-order valence-corrected chi connectivity index (χ3v) is 2.50. The first-order chi connectivity index (χ1) is 7.79. The molecule has 0 saturated carbocycles. The van der Waals surface area contributed by atoms with Crippen molar-refractivity contribution in [3.05, 3.63) is 42.3 Å². The van der Waals surface area contributed by atoms with Crippen LogP contribution in [0.2, 0.25) is 0 Å². The van der Waals surface area contributed by atoms with Gasteiger partial charge < -0.3 is 11.1 Å². The Kier molecular flexibility index (Phi) is 6.58. The lowest BCUT2D eigenvalue weighted by atomic mass is 10.1. The fourth-order valence-corrected chi connectivity index (χ4v) is 1.62. The van der Waals surface area contributed by atoms with Gasteiger partial charge >= 0.3 is 0 Å². The van der Waals surface area contributed by atoms with Crippen LogP contribution in [0.25, 0.3) is 0 Å². The molecule has 0 bridgehead atoms. The molecule has 1 aromatic rings. The number of rotatable bonds is 7. The minimum Gasteiger partial charge on any atom is -0.376 e. The molecule has 0 heterocycles. The van der Waals surface area contributed by atoms with E-state index in [1.54, 1.807) is 0 Å². The summed E-state index contributed by atoms with van der Waals surface area (Å²) in [6, 6.07) is 10.4. The van der Waals surface area contributed by atoms with E-state index < -0.39 is 0 Å². The Bertz CT molecular complexity index is 298. The molecule has 0 spiro atoms. The SMILES string of the molecule is NC(=S)NCCCCC[CH]c1ccccc1. The van der Waals surface area contributed by atoms with Gasteiger partial charge in [-0.1, -0.05) is 43.2 Å². The summed E-state index contributed by atoms with van der Waals surface area (Å²) in [5.74, 6) is 0. The van der Waals surface area contributed by atoms with Crippen molar-refractivity contribution in [2.75, 3.05) is 6.54 Å². The smallest absolute Gasteiger partial charge is 0.163 e. The van der Waals surface area contributed by atoms with Crippen molar-refractivity contribution >= 4 is 17.3 Å². The molecule has 87 valence electrons. The van der Waals surface area contributed by atoms with Crippen LogP contribution in [-0.2, 0) is 0 Å². The molecule has 1 radical (unpaired) electrons. The van der Waals surface area contributed by atoms with E-state index in [2.05, 4.69) is 36.0 Å². The van der Waals surface area contributed by atoms with Gasteiger partial charge in [-0.15, -0.1) is 0 Å². The monoisotopic (exact) mass is 235 g/mol. The van der Waals surface area contributed by atoms with Crippen LogP contribution in [-0.4, -0.2) is 11.7 Å². The third-order valence-electron chi connectivity index (χ3n) is 2.36. The third kappa shape index (κ3) is 6.40. The van der Waals surface area contributed by atoms with Crippen molar-refractivity contribution in [3.8, 4) is 0 Å². The highest BCUT2D eigenvalue weighted by molar-refractivity contribution is 7.80. The molecule has 3 N–H and O–H groups in total. The van der Waals surface area contributed by atoms with E-state index in [4.69, 9.17) is 18.0 Å². The van der Waals surface area contributed by atoms with Crippen LogP contribution in [0, 0.1) is 6.42 Å². The molecule has 1 rings (SSSR count). The molecule has 0 aliphatic rings. The van der Waals surface area contributed by atoms with Crippen LogP contribution in [0.3, 0.4) is 0 Å². The summed E-state index contributed by atoms with van der Waals surface area (Å²) in [5, 5.41) is 3.35. The van der Waals surface area contributed by atoms with Gasteiger partial charge in [0.2, 0.25) is 0 Å². The number of hydrogen-bond acceptors (Lipinski definition) is 1. The number of nitrogens with one attached hydrogen (secondary N) is 1. The van der Waals surface area contributed by atoms with Crippen LogP contribution in [0.1, 0.15) is 31.2 Å². The first kappa shape index (κ1) is 13.0.